The minimum atomic E-state index is -0.173. The average Bonchev–Trinajstić information content (AvgIpc) is 2.97. The van der Waals surface area contributed by atoms with Gasteiger partial charge in [0.05, 0.1) is 12.8 Å². The second kappa shape index (κ2) is 6.47. The molecule has 0 spiro atoms. The van der Waals surface area contributed by atoms with Gasteiger partial charge < -0.3 is 15.1 Å². The number of nitrogens with one attached hydrogen (secondary N) is 2. The van der Waals surface area contributed by atoms with E-state index in [1.165, 1.54) is 0 Å². The second-order valence-corrected chi connectivity index (χ2v) is 5.46. The summed E-state index contributed by atoms with van der Waals surface area (Å²) in [5, 5.41) is 5.66. The van der Waals surface area contributed by atoms with Crippen LogP contribution >= 0.6 is 0 Å². The number of benzene rings is 1. The van der Waals surface area contributed by atoms with Gasteiger partial charge in [0.15, 0.2) is 0 Å². The molecule has 114 valence electrons. The lowest BCUT2D eigenvalue weighted by molar-refractivity contribution is -0.122. The number of hydrogen-bond donors (Lipinski definition) is 2. The van der Waals surface area contributed by atoms with Crippen LogP contribution in [0.5, 0.6) is 0 Å². The Bertz CT molecular complexity index is 643. The van der Waals surface area contributed by atoms with Crippen LogP contribution in [0.2, 0.25) is 0 Å². The summed E-state index contributed by atoms with van der Waals surface area (Å²) < 4.78 is 5.16. The normalized spacial score (nSPS) is 14.2. The van der Waals surface area contributed by atoms with Crippen LogP contribution in [0.25, 0.3) is 0 Å². The molecule has 1 heterocycles. The lowest BCUT2D eigenvalue weighted by atomic mass is 9.85. The highest BCUT2D eigenvalue weighted by Crippen LogP contribution is 2.27. The molecule has 2 N–H and O–H groups in total. The molecule has 0 aliphatic heterocycles. The minimum Gasteiger partial charge on any atom is -0.467 e. The fourth-order valence-corrected chi connectivity index (χ4v) is 2.30. The SMILES string of the molecule is O=C(NCc1ccco1)c1ccc(NC(=O)C2CCC2)cc1. The van der Waals surface area contributed by atoms with Crippen LogP contribution in [0.15, 0.2) is 47.1 Å². The van der Waals surface area contributed by atoms with E-state index in [1.54, 1.807) is 42.7 Å². The van der Waals surface area contributed by atoms with Crippen molar-refractivity contribution in [2.45, 2.75) is 25.8 Å². The summed E-state index contributed by atoms with van der Waals surface area (Å²) in [6.45, 7) is 0.353. The van der Waals surface area contributed by atoms with Gasteiger partial charge in [0.2, 0.25) is 5.91 Å². The summed E-state index contributed by atoms with van der Waals surface area (Å²) in [6, 6.07) is 10.5. The third kappa shape index (κ3) is 3.36. The number of rotatable bonds is 5. The predicted octanol–water partition coefficient (Wildman–Crippen LogP) is 2.95. The lowest BCUT2D eigenvalue weighted by Crippen LogP contribution is -2.28. The van der Waals surface area contributed by atoms with E-state index >= 15 is 0 Å². The van der Waals surface area contributed by atoms with Crippen LogP contribution in [0.3, 0.4) is 0 Å². The molecule has 1 aromatic carbocycles. The number of carbonyl (C=O) groups excluding carboxylic acids is 2. The van der Waals surface area contributed by atoms with E-state index in [2.05, 4.69) is 10.6 Å². The first kappa shape index (κ1) is 14.4. The van der Waals surface area contributed by atoms with E-state index in [0.717, 1.165) is 24.9 Å². The highest BCUT2D eigenvalue weighted by molar-refractivity contribution is 5.96. The highest BCUT2D eigenvalue weighted by atomic mass is 16.3. The Morgan fingerprint density at radius 1 is 1.14 bits per heavy atom. The van der Waals surface area contributed by atoms with Gasteiger partial charge in [0.25, 0.3) is 5.91 Å². The van der Waals surface area contributed by atoms with E-state index in [9.17, 15) is 9.59 Å². The number of hydrogen-bond acceptors (Lipinski definition) is 3. The van der Waals surface area contributed by atoms with Crippen LogP contribution < -0.4 is 10.6 Å². The number of anilines is 1. The molecule has 1 fully saturated rings. The number of carbonyl (C=O) groups is 2. The molecule has 3 rings (SSSR count). The molecule has 1 aliphatic rings. The van der Waals surface area contributed by atoms with E-state index in [4.69, 9.17) is 4.42 Å². The monoisotopic (exact) mass is 298 g/mol. The molecular formula is C17H18N2O3. The van der Waals surface area contributed by atoms with Gasteiger partial charge in [0, 0.05) is 17.2 Å². The predicted molar refractivity (Wildman–Crippen MR) is 82.3 cm³/mol. The summed E-state index contributed by atoms with van der Waals surface area (Å²) in [5.74, 6) is 0.753. The van der Waals surface area contributed by atoms with Crippen molar-refractivity contribution >= 4 is 17.5 Å². The summed E-state index contributed by atoms with van der Waals surface area (Å²) in [6.07, 6.45) is 4.64. The van der Waals surface area contributed by atoms with Crippen LogP contribution in [0, 0.1) is 5.92 Å². The minimum absolute atomic E-state index is 0.0706. The van der Waals surface area contributed by atoms with Crippen molar-refractivity contribution in [1.29, 1.82) is 0 Å². The molecule has 1 aliphatic carbocycles. The number of furan rings is 1. The second-order valence-electron chi connectivity index (χ2n) is 5.46. The average molecular weight is 298 g/mol. The van der Waals surface area contributed by atoms with Gasteiger partial charge in [-0.15, -0.1) is 0 Å². The largest absolute Gasteiger partial charge is 0.467 e. The fraction of sp³-hybridized carbons (Fsp3) is 0.294. The van der Waals surface area contributed by atoms with Gasteiger partial charge in [-0.2, -0.15) is 0 Å². The Kier molecular flexibility index (Phi) is 4.23. The molecule has 0 unspecified atom stereocenters. The molecular weight excluding hydrogens is 280 g/mol. The third-order valence-corrected chi connectivity index (χ3v) is 3.89. The maximum atomic E-state index is 12.0. The molecule has 2 amide bonds. The van der Waals surface area contributed by atoms with Gasteiger partial charge in [-0.05, 0) is 49.2 Å². The molecule has 5 nitrogen and oxygen atoms in total. The Morgan fingerprint density at radius 2 is 1.91 bits per heavy atom. The standard InChI is InChI=1S/C17H18N2O3/c20-16(18-11-15-5-2-10-22-15)13-6-8-14(9-7-13)19-17(21)12-3-1-4-12/h2,5-10,12H,1,3-4,11H2,(H,18,20)(H,19,21). The highest BCUT2D eigenvalue weighted by Gasteiger charge is 2.25. The van der Waals surface area contributed by atoms with Crippen LogP contribution in [-0.2, 0) is 11.3 Å². The van der Waals surface area contributed by atoms with Crippen LogP contribution in [0.4, 0.5) is 5.69 Å². The Hall–Kier alpha value is -2.56. The first-order valence-corrected chi connectivity index (χ1v) is 7.44. The Balaban J connectivity index is 1.53. The maximum Gasteiger partial charge on any atom is 0.251 e. The molecule has 0 atom stereocenters. The van der Waals surface area contributed by atoms with E-state index in [-0.39, 0.29) is 17.7 Å². The quantitative estimate of drug-likeness (QED) is 0.891. The molecule has 1 aromatic heterocycles. The van der Waals surface area contributed by atoms with Gasteiger partial charge in [-0.25, -0.2) is 0 Å². The molecule has 0 saturated heterocycles. The first-order chi connectivity index (χ1) is 10.7. The maximum absolute atomic E-state index is 12.0. The van der Waals surface area contributed by atoms with Crippen molar-refractivity contribution in [2.75, 3.05) is 5.32 Å². The van der Waals surface area contributed by atoms with Crippen molar-refractivity contribution in [3.8, 4) is 0 Å². The fourth-order valence-electron chi connectivity index (χ4n) is 2.30. The molecule has 0 bridgehead atoms. The molecule has 1 saturated carbocycles. The third-order valence-electron chi connectivity index (χ3n) is 3.89. The molecule has 22 heavy (non-hydrogen) atoms. The van der Waals surface area contributed by atoms with Crippen molar-refractivity contribution in [3.05, 3.63) is 54.0 Å². The Labute approximate surface area is 128 Å². The molecule has 2 aromatic rings. The smallest absolute Gasteiger partial charge is 0.251 e. The van der Waals surface area contributed by atoms with Gasteiger partial charge in [0.1, 0.15) is 5.76 Å². The van der Waals surface area contributed by atoms with Crippen molar-refractivity contribution in [2.24, 2.45) is 5.92 Å². The van der Waals surface area contributed by atoms with Gasteiger partial charge >= 0.3 is 0 Å². The summed E-state index contributed by atoms with van der Waals surface area (Å²) >= 11 is 0. The van der Waals surface area contributed by atoms with Crippen molar-refractivity contribution < 1.29 is 14.0 Å². The van der Waals surface area contributed by atoms with Crippen molar-refractivity contribution in [3.63, 3.8) is 0 Å². The van der Waals surface area contributed by atoms with Gasteiger partial charge in [-0.1, -0.05) is 6.42 Å². The molecule has 0 radical (unpaired) electrons. The Morgan fingerprint density at radius 3 is 2.50 bits per heavy atom. The summed E-state index contributed by atoms with van der Waals surface area (Å²) in [4.78, 5) is 23.8. The topological polar surface area (TPSA) is 71.3 Å². The van der Waals surface area contributed by atoms with Gasteiger partial charge in [-0.3, -0.25) is 9.59 Å². The van der Waals surface area contributed by atoms with Crippen molar-refractivity contribution in [1.82, 2.24) is 5.32 Å². The van der Waals surface area contributed by atoms with E-state index in [1.807, 2.05) is 0 Å². The summed E-state index contributed by atoms with van der Waals surface area (Å²) in [5.41, 5.74) is 1.27. The zero-order valence-electron chi connectivity index (χ0n) is 12.2. The molecule has 5 heteroatoms. The zero-order valence-corrected chi connectivity index (χ0v) is 12.2. The lowest BCUT2D eigenvalue weighted by Gasteiger charge is -2.24. The number of amides is 2. The van der Waals surface area contributed by atoms with Crippen LogP contribution in [-0.4, -0.2) is 11.8 Å². The van der Waals surface area contributed by atoms with E-state index < -0.39 is 0 Å². The van der Waals surface area contributed by atoms with Crippen LogP contribution in [0.1, 0.15) is 35.4 Å². The summed E-state index contributed by atoms with van der Waals surface area (Å²) in [7, 11) is 0. The first-order valence-electron chi connectivity index (χ1n) is 7.44. The zero-order chi connectivity index (χ0) is 15.4. The van der Waals surface area contributed by atoms with E-state index in [0.29, 0.717) is 17.9 Å².